The van der Waals surface area contributed by atoms with E-state index in [9.17, 15) is 26.7 Å². The van der Waals surface area contributed by atoms with Crippen LogP contribution >= 0.6 is 11.3 Å². The fourth-order valence-electron chi connectivity index (χ4n) is 3.47. The van der Waals surface area contributed by atoms with Crippen molar-refractivity contribution in [1.29, 1.82) is 0 Å². The van der Waals surface area contributed by atoms with E-state index in [-0.39, 0.29) is 17.5 Å². The molecular formula is C20H20F3N5O3S2. The fourth-order valence-corrected chi connectivity index (χ4v) is 6.10. The van der Waals surface area contributed by atoms with Crippen molar-refractivity contribution in [2.75, 3.05) is 16.8 Å². The lowest BCUT2D eigenvalue weighted by Crippen LogP contribution is -2.38. The number of halogens is 3. The lowest BCUT2D eigenvalue weighted by Gasteiger charge is -2.13. The standard InChI is InChI=1S/C20H20F3N5O3S2/c1-11-4-12(6-13(5-11)27-19-24-3-2-17(28-19)20(21,22)23)16-7-26-18(32-16)8-25-14-9-33(30,31)10-15(14)29/h2-7,14-15,25,29H,8-10H2,1H3,(H,24,27,28). The normalized spacial score (nSPS) is 20.2. The van der Waals surface area contributed by atoms with Crippen LogP contribution in [-0.2, 0) is 22.6 Å². The van der Waals surface area contributed by atoms with Crippen LogP contribution in [0.4, 0.5) is 24.8 Å². The molecule has 0 radical (unpaired) electrons. The SMILES string of the molecule is Cc1cc(Nc2nccc(C(F)(F)F)n2)cc(-c2cnc(CNC3CS(=O)(=O)CC3O)s2)c1. The first-order chi connectivity index (χ1) is 15.5. The van der Waals surface area contributed by atoms with Crippen molar-refractivity contribution < 1.29 is 26.7 Å². The van der Waals surface area contributed by atoms with E-state index in [0.29, 0.717) is 17.2 Å². The summed E-state index contributed by atoms with van der Waals surface area (Å²) in [5.41, 5.74) is 1.16. The summed E-state index contributed by atoms with van der Waals surface area (Å²) >= 11 is 1.39. The van der Waals surface area contributed by atoms with E-state index < -0.39 is 33.9 Å². The highest BCUT2D eigenvalue weighted by Crippen LogP contribution is 2.31. The van der Waals surface area contributed by atoms with Crippen LogP contribution in [0.3, 0.4) is 0 Å². The van der Waals surface area contributed by atoms with Crippen molar-refractivity contribution in [3.8, 4) is 10.4 Å². The number of aliphatic hydroxyl groups excluding tert-OH is 1. The highest BCUT2D eigenvalue weighted by atomic mass is 32.2. The number of aliphatic hydroxyl groups is 1. The van der Waals surface area contributed by atoms with E-state index in [1.165, 1.54) is 11.3 Å². The number of hydrogen-bond donors (Lipinski definition) is 3. The number of aryl methyl sites for hydroxylation is 1. The van der Waals surface area contributed by atoms with Gasteiger partial charge >= 0.3 is 6.18 Å². The molecule has 33 heavy (non-hydrogen) atoms. The Labute approximate surface area is 191 Å². The van der Waals surface area contributed by atoms with Crippen molar-refractivity contribution >= 4 is 32.8 Å². The number of sulfone groups is 1. The van der Waals surface area contributed by atoms with Crippen LogP contribution in [0.1, 0.15) is 16.3 Å². The average Bonchev–Trinajstić information content (AvgIpc) is 3.29. The maximum atomic E-state index is 12.9. The van der Waals surface area contributed by atoms with Crippen LogP contribution in [0.2, 0.25) is 0 Å². The van der Waals surface area contributed by atoms with Gasteiger partial charge in [0.1, 0.15) is 10.7 Å². The van der Waals surface area contributed by atoms with Crippen LogP contribution in [0.25, 0.3) is 10.4 Å². The van der Waals surface area contributed by atoms with Gasteiger partial charge in [-0.2, -0.15) is 13.2 Å². The summed E-state index contributed by atoms with van der Waals surface area (Å²) in [5, 5.41) is 16.5. The smallest absolute Gasteiger partial charge is 0.390 e. The van der Waals surface area contributed by atoms with Gasteiger partial charge in [-0.1, -0.05) is 6.07 Å². The van der Waals surface area contributed by atoms with Gasteiger partial charge in [-0.15, -0.1) is 11.3 Å². The molecule has 0 bridgehead atoms. The number of benzene rings is 1. The van der Waals surface area contributed by atoms with Crippen LogP contribution < -0.4 is 10.6 Å². The first-order valence-corrected chi connectivity index (χ1v) is 12.5. The molecule has 1 aliphatic rings. The number of hydrogen-bond acceptors (Lipinski definition) is 9. The molecule has 3 N–H and O–H groups in total. The summed E-state index contributed by atoms with van der Waals surface area (Å²) in [4.78, 5) is 12.6. The Bertz CT molecular complexity index is 1260. The number of thiazole rings is 1. The number of aromatic nitrogens is 3. The molecule has 3 aromatic rings. The molecule has 2 unspecified atom stereocenters. The number of anilines is 2. The summed E-state index contributed by atoms with van der Waals surface area (Å²) in [6.45, 7) is 2.16. The second kappa shape index (κ2) is 8.97. The maximum Gasteiger partial charge on any atom is 0.433 e. The molecule has 0 aliphatic carbocycles. The van der Waals surface area contributed by atoms with Crippen molar-refractivity contribution in [3.63, 3.8) is 0 Å². The molecule has 1 aliphatic heterocycles. The molecule has 0 saturated carbocycles. The van der Waals surface area contributed by atoms with Gasteiger partial charge in [0, 0.05) is 30.7 Å². The first-order valence-electron chi connectivity index (χ1n) is 9.84. The zero-order valence-corrected chi connectivity index (χ0v) is 18.9. The Hall–Kier alpha value is -2.61. The molecular weight excluding hydrogens is 479 g/mol. The second-order valence-electron chi connectivity index (χ2n) is 7.73. The topological polar surface area (TPSA) is 117 Å². The number of nitrogens with one attached hydrogen (secondary N) is 2. The molecule has 1 fully saturated rings. The molecule has 8 nitrogen and oxygen atoms in total. The summed E-state index contributed by atoms with van der Waals surface area (Å²) in [5.74, 6) is -0.528. The zero-order chi connectivity index (χ0) is 23.8. The number of nitrogens with zero attached hydrogens (tertiary/aromatic N) is 3. The van der Waals surface area contributed by atoms with Gasteiger partial charge in [-0.05, 0) is 36.2 Å². The predicted molar refractivity (Wildman–Crippen MR) is 118 cm³/mol. The molecule has 0 amide bonds. The van der Waals surface area contributed by atoms with Crippen LogP contribution in [0.15, 0.2) is 36.7 Å². The Morgan fingerprint density at radius 1 is 1.21 bits per heavy atom. The number of rotatable bonds is 6. The van der Waals surface area contributed by atoms with E-state index in [1.807, 2.05) is 13.0 Å². The van der Waals surface area contributed by atoms with Gasteiger partial charge in [0.2, 0.25) is 5.95 Å². The maximum absolute atomic E-state index is 12.9. The number of alkyl halides is 3. The van der Waals surface area contributed by atoms with Crippen LogP contribution in [-0.4, -0.2) is 52.1 Å². The highest BCUT2D eigenvalue weighted by Gasteiger charge is 2.36. The van der Waals surface area contributed by atoms with E-state index in [2.05, 4.69) is 25.6 Å². The largest absolute Gasteiger partial charge is 0.433 e. The molecule has 1 saturated heterocycles. The van der Waals surface area contributed by atoms with E-state index in [1.54, 1.807) is 18.3 Å². The Morgan fingerprint density at radius 3 is 2.70 bits per heavy atom. The second-order valence-corrected chi connectivity index (χ2v) is 11.0. The van der Waals surface area contributed by atoms with Gasteiger partial charge < -0.3 is 15.7 Å². The molecule has 2 aromatic heterocycles. The third-order valence-corrected chi connectivity index (χ3v) is 7.72. The highest BCUT2D eigenvalue weighted by molar-refractivity contribution is 7.91. The van der Waals surface area contributed by atoms with Crippen molar-refractivity contribution in [1.82, 2.24) is 20.3 Å². The average molecular weight is 500 g/mol. The third-order valence-electron chi connectivity index (χ3n) is 4.96. The molecule has 176 valence electrons. The fraction of sp³-hybridized carbons (Fsp3) is 0.350. The molecule has 1 aromatic carbocycles. The minimum absolute atomic E-state index is 0.114. The summed E-state index contributed by atoms with van der Waals surface area (Å²) in [6, 6.07) is 5.70. The van der Waals surface area contributed by atoms with Gasteiger partial charge in [0.25, 0.3) is 0 Å². The van der Waals surface area contributed by atoms with Gasteiger partial charge in [-0.25, -0.2) is 23.4 Å². The Morgan fingerprint density at radius 2 is 2.00 bits per heavy atom. The Kier molecular flexibility index (Phi) is 6.40. The summed E-state index contributed by atoms with van der Waals surface area (Å²) in [6.07, 6.45) is -2.80. The van der Waals surface area contributed by atoms with Crippen molar-refractivity contribution in [2.45, 2.75) is 31.8 Å². The first kappa shape index (κ1) is 23.5. The van der Waals surface area contributed by atoms with Gasteiger partial charge in [0.05, 0.1) is 22.5 Å². The van der Waals surface area contributed by atoms with Crippen molar-refractivity contribution in [3.05, 3.63) is 52.9 Å². The third kappa shape index (κ3) is 5.85. The monoisotopic (exact) mass is 499 g/mol. The molecule has 2 atom stereocenters. The molecule has 13 heteroatoms. The quantitative estimate of drug-likeness (QED) is 0.474. The van der Waals surface area contributed by atoms with E-state index in [4.69, 9.17) is 0 Å². The summed E-state index contributed by atoms with van der Waals surface area (Å²) in [7, 11) is -3.24. The summed E-state index contributed by atoms with van der Waals surface area (Å²) < 4.78 is 62.0. The van der Waals surface area contributed by atoms with E-state index in [0.717, 1.165) is 28.3 Å². The molecule has 3 heterocycles. The lowest BCUT2D eigenvalue weighted by molar-refractivity contribution is -0.141. The zero-order valence-electron chi connectivity index (χ0n) is 17.3. The van der Waals surface area contributed by atoms with Crippen LogP contribution in [0.5, 0.6) is 0 Å². The van der Waals surface area contributed by atoms with Gasteiger partial charge in [0.15, 0.2) is 9.84 Å². The Balaban J connectivity index is 1.48. The minimum atomic E-state index is -4.57. The lowest BCUT2D eigenvalue weighted by atomic mass is 10.1. The van der Waals surface area contributed by atoms with Crippen LogP contribution in [0, 0.1) is 6.92 Å². The molecule has 0 spiro atoms. The molecule has 4 rings (SSSR count). The van der Waals surface area contributed by atoms with E-state index >= 15 is 0 Å². The van der Waals surface area contributed by atoms with Gasteiger partial charge in [-0.3, -0.25) is 0 Å². The minimum Gasteiger partial charge on any atom is -0.390 e. The predicted octanol–water partition coefficient (Wildman–Crippen LogP) is 2.92. The van der Waals surface area contributed by atoms with Crippen molar-refractivity contribution in [2.24, 2.45) is 0 Å².